The van der Waals surface area contributed by atoms with E-state index in [0.717, 1.165) is 12.1 Å². The number of nitrogens with zero attached hydrogens (tertiary/aromatic N) is 6. The van der Waals surface area contributed by atoms with Crippen molar-refractivity contribution in [2.75, 3.05) is 0 Å². The van der Waals surface area contributed by atoms with Crippen LogP contribution in [0.4, 0.5) is 0 Å². The Morgan fingerprint density at radius 3 is 2.68 bits per heavy atom. The molecule has 1 aromatic carbocycles. The van der Waals surface area contributed by atoms with Crippen molar-refractivity contribution in [2.45, 2.75) is 6.54 Å². The minimum absolute atomic E-state index is 0.751. The molecule has 6 heteroatoms. The van der Waals surface area contributed by atoms with Gasteiger partial charge in [0.05, 0.1) is 19.0 Å². The van der Waals surface area contributed by atoms with Crippen LogP contribution in [0.2, 0.25) is 0 Å². The van der Waals surface area contributed by atoms with Crippen molar-refractivity contribution in [2.24, 2.45) is 5.10 Å². The lowest BCUT2D eigenvalue weighted by Gasteiger charge is -2.00. The van der Waals surface area contributed by atoms with E-state index in [1.54, 1.807) is 12.4 Å². The van der Waals surface area contributed by atoms with Gasteiger partial charge in [-0.1, -0.05) is 30.3 Å². The minimum Gasteiger partial charge on any atom is -0.268 e. The summed E-state index contributed by atoms with van der Waals surface area (Å²) in [6.45, 7) is 0.751. The Morgan fingerprint density at radius 1 is 1.11 bits per heavy atom. The summed E-state index contributed by atoms with van der Waals surface area (Å²) in [6.07, 6.45) is 8.51. The summed E-state index contributed by atoms with van der Waals surface area (Å²) >= 11 is 0. The molecule has 0 radical (unpaired) electrons. The van der Waals surface area contributed by atoms with Gasteiger partial charge in [-0.15, -0.1) is 10.2 Å². The second kappa shape index (κ2) is 5.26. The second-order valence-corrected chi connectivity index (χ2v) is 4.04. The van der Waals surface area contributed by atoms with Crippen LogP contribution in [0.3, 0.4) is 0 Å². The highest BCUT2D eigenvalue weighted by atomic mass is 15.4. The number of benzene rings is 1. The molecule has 0 saturated heterocycles. The monoisotopic (exact) mass is 252 g/mol. The molecule has 0 atom stereocenters. The number of hydrogen-bond acceptors (Lipinski definition) is 4. The molecule has 94 valence electrons. The first-order valence-electron chi connectivity index (χ1n) is 5.85. The van der Waals surface area contributed by atoms with E-state index in [2.05, 4.69) is 32.5 Å². The molecular weight excluding hydrogens is 240 g/mol. The molecule has 0 fully saturated rings. The molecule has 3 rings (SSSR count). The van der Waals surface area contributed by atoms with Gasteiger partial charge in [0.2, 0.25) is 0 Å². The van der Waals surface area contributed by atoms with Crippen LogP contribution in [0.25, 0.3) is 0 Å². The van der Waals surface area contributed by atoms with Crippen molar-refractivity contribution in [1.82, 2.24) is 24.7 Å². The number of hydrogen-bond donors (Lipinski definition) is 0. The third kappa shape index (κ3) is 2.92. The van der Waals surface area contributed by atoms with Gasteiger partial charge in [-0.05, 0) is 5.56 Å². The van der Waals surface area contributed by atoms with E-state index >= 15 is 0 Å². The van der Waals surface area contributed by atoms with Gasteiger partial charge >= 0.3 is 0 Å². The zero-order chi connectivity index (χ0) is 12.9. The zero-order valence-corrected chi connectivity index (χ0v) is 10.2. The lowest BCUT2D eigenvalue weighted by molar-refractivity contribution is 0.687. The van der Waals surface area contributed by atoms with Crippen molar-refractivity contribution >= 4 is 6.21 Å². The topological polar surface area (TPSA) is 60.9 Å². The normalized spacial score (nSPS) is 11.2. The molecule has 0 N–H and O–H groups in total. The molecule has 0 aliphatic rings. The van der Waals surface area contributed by atoms with E-state index in [9.17, 15) is 0 Å². The predicted octanol–water partition coefficient (Wildman–Crippen LogP) is 1.41. The highest BCUT2D eigenvalue weighted by Gasteiger charge is 1.97. The standard InChI is InChI=1S/C13H12N6/c1-2-4-12(5-3-1)8-18-9-13(6-16-18)7-17-19-10-14-15-11-19/h1-7,9-11H,8H2/b17-7-. The molecular formula is C13H12N6. The van der Waals surface area contributed by atoms with Gasteiger partial charge in [-0.3, -0.25) is 4.68 Å². The van der Waals surface area contributed by atoms with Gasteiger partial charge < -0.3 is 0 Å². The molecule has 0 aliphatic carbocycles. The number of rotatable bonds is 4. The van der Waals surface area contributed by atoms with Crippen molar-refractivity contribution in [1.29, 1.82) is 0 Å². The first-order chi connectivity index (χ1) is 9.40. The van der Waals surface area contributed by atoms with Crippen LogP contribution >= 0.6 is 0 Å². The van der Waals surface area contributed by atoms with Gasteiger partial charge in [-0.2, -0.15) is 10.2 Å². The average molecular weight is 252 g/mol. The molecule has 0 bridgehead atoms. The Balaban J connectivity index is 1.70. The fraction of sp³-hybridized carbons (Fsp3) is 0.0769. The molecule has 6 nitrogen and oxygen atoms in total. The summed E-state index contributed by atoms with van der Waals surface area (Å²) < 4.78 is 3.41. The molecule has 3 aromatic rings. The number of aromatic nitrogens is 5. The maximum Gasteiger partial charge on any atom is 0.141 e. The first-order valence-corrected chi connectivity index (χ1v) is 5.85. The van der Waals surface area contributed by atoms with Crippen LogP contribution < -0.4 is 0 Å². The maximum absolute atomic E-state index is 4.30. The fourth-order valence-corrected chi connectivity index (χ4v) is 1.69. The van der Waals surface area contributed by atoms with Crippen LogP contribution in [-0.4, -0.2) is 30.9 Å². The van der Waals surface area contributed by atoms with Crippen LogP contribution in [0.15, 0.2) is 60.5 Å². The summed E-state index contributed by atoms with van der Waals surface area (Å²) in [7, 11) is 0. The SMILES string of the molecule is C(=N/n1cnnc1)/c1cnn(Cc2ccccc2)c1. The Hall–Kier alpha value is -2.76. The minimum atomic E-state index is 0.751. The van der Waals surface area contributed by atoms with Crippen LogP contribution in [-0.2, 0) is 6.54 Å². The van der Waals surface area contributed by atoms with Gasteiger partial charge in [0, 0.05) is 11.8 Å². The maximum atomic E-state index is 4.30. The molecule has 2 heterocycles. The Labute approximate surface area is 110 Å². The van der Waals surface area contributed by atoms with Crippen molar-refractivity contribution < 1.29 is 0 Å². The van der Waals surface area contributed by atoms with Gasteiger partial charge in [0.15, 0.2) is 0 Å². The van der Waals surface area contributed by atoms with Crippen molar-refractivity contribution in [3.8, 4) is 0 Å². The Kier molecular flexibility index (Phi) is 3.14. The van der Waals surface area contributed by atoms with E-state index < -0.39 is 0 Å². The molecule has 0 aliphatic heterocycles. The molecule has 2 aromatic heterocycles. The summed E-state index contributed by atoms with van der Waals surface area (Å²) in [5.41, 5.74) is 2.15. The fourth-order valence-electron chi connectivity index (χ4n) is 1.69. The van der Waals surface area contributed by atoms with Gasteiger partial charge in [0.1, 0.15) is 12.7 Å². The van der Waals surface area contributed by atoms with E-state index in [4.69, 9.17) is 0 Å². The lowest BCUT2D eigenvalue weighted by atomic mass is 10.2. The average Bonchev–Trinajstić information content (AvgIpc) is 3.09. The Bertz CT molecular complexity index is 654. The molecule has 0 unspecified atom stereocenters. The summed E-state index contributed by atoms with van der Waals surface area (Å²) in [5, 5.41) is 15.8. The third-order valence-corrected chi connectivity index (χ3v) is 2.59. The van der Waals surface area contributed by atoms with Gasteiger partial charge in [0.25, 0.3) is 0 Å². The Morgan fingerprint density at radius 2 is 1.89 bits per heavy atom. The van der Waals surface area contributed by atoms with Crippen molar-refractivity contribution in [3.63, 3.8) is 0 Å². The first kappa shape index (κ1) is 11.3. The summed E-state index contributed by atoms with van der Waals surface area (Å²) in [5.74, 6) is 0. The summed E-state index contributed by atoms with van der Waals surface area (Å²) in [6, 6.07) is 10.2. The largest absolute Gasteiger partial charge is 0.268 e. The van der Waals surface area contributed by atoms with Crippen LogP contribution in [0.5, 0.6) is 0 Å². The van der Waals surface area contributed by atoms with E-state index in [-0.39, 0.29) is 0 Å². The zero-order valence-electron chi connectivity index (χ0n) is 10.2. The molecule has 19 heavy (non-hydrogen) atoms. The molecule has 0 saturated carbocycles. The molecule has 0 amide bonds. The highest BCUT2D eigenvalue weighted by molar-refractivity contribution is 5.78. The predicted molar refractivity (Wildman–Crippen MR) is 70.8 cm³/mol. The van der Waals surface area contributed by atoms with Crippen molar-refractivity contribution in [3.05, 3.63) is 66.5 Å². The second-order valence-electron chi connectivity index (χ2n) is 4.04. The highest BCUT2D eigenvalue weighted by Crippen LogP contribution is 2.02. The van der Waals surface area contributed by atoms with Crippen LogP contribution in [0.1, 0.15) is 11.1 Å². The molecule has 0 spiro atoms. The summed E-state index contributed by atoms with van der Waals surface area (Å²) in [4.78, 5) is 0. The van der Waals surface area contributed by atoms with Gasteiger partial charge in [-0.25, -0.2) is 4.68 Å². The smallest absolute Gasteiger partial charge is 0.141 e. The van der Waals surface area contributed by atoms with Crippen LogP contribution in [0, 0.1) is 0 Å². The lowest BCUT2D eigenvalue weighted by Crippen LogP contribution is -1.99. The quantitative estimate of drug-likeness (QED) is 0.659. The van der Waals surface area contributed by atoms with E-state index in [1.807, 2.05) is 29.1 Å². The van der Waals surface area contributed by atoms with E-state index in [0.29, 0.717) is 0 Å². The van der Waals surface area contributed by atoms with E-state index in [1.165, 1.54) is 22.9 Å². The third-order valence-electron chi connectivity index (χ3n) is 2.59.